The van der Waals surface area contributed by atoms with Crippen LogP contribution in [-0.4, -0.2) is 27.4 Å². The lowest BCUT2D eigenvalue weighted by Crippen LogP contribution is -2.42. The Bertz CT molecular complexity index is 911. The Hall–Kier alpha value is -2.34. The van der Waals surface area contributed by atoms with Gasteiger partial charge >= 0.3 is 6.03 Å². The van der Waals surface area contributed by atoms with E-state index in [1.54, 1.807) is 11.3 Å². The number of urea groups is 1. The molecule has 6 heteroatoms. The second-order valence-corrected chi connectivity index (χ2v) is 7.68. The molecule has 0 radical (unpaired) electrons. The highest BCUT2D eigenvalue weighted by atomic mass is 32.1. The number of carbonyl (C=O) groups is 1. The molecule has 130 valence electrons. The van der Waals surface area contributed by atoms with E-state index in [1.165, 1.54) is 16.6 Å². The monoisotopic (exact) mass is 354 g/mol. The van der Waals surface area contributed by atoms with Crippen molar-refractivity contribution in [1.29, 1.82) is 0 Å². The fourth-order valence-corrected chi connectivity index (χ4v) is 4.12. The Balaban J connectivity index is 1.43. The number of para-hydroxylation sites is 1. The molecule has 5 nitrogen and oxygen atoms in total. The molecule has 0 spiro atoms. The lowest BCUT2D eigenvalue weighted by atomic mass is 10.0. The first-order valence-corrected chi connectivity index (χ1v) is 9.55. The van der Waals surface area contributed by atoms with Gasteiger partial charge < -0.3 is 15.2 Å². The van der Waals surface area contributed by atoms with Gasteiger partial charge in [0.25, 0.3) is 0 Å². The van der Waals surface area contributed by atoms with Gasteiger partial charge in [0.1, 0.15) is 0 Å². The van der Waals surface area contributed by atoms with Crippen LogP contribution in [0.1, 0.15) is 41.7 Å². The van der Waals surface area contributed by atoms with Crippen molar-refractivity contribution in [3.8, 4) is 0 Å². The molecule has 1 aliphatic rings. The summed E-state index contributed by atoms with van der Waals surface area (Å²) in [5, 5.41) is 7.38. The minimum Gasteiger partial charge on any atom is -0.358 e. The average Bonchev–Trinajstić information content (AvgIpc) is 3.23. The number of benzene rings is 1. The number of hydrogen-bond acceptors (Lipinski definition) is 3. The zero-order valence-electron chi connectivity index (χ0n) is 14.5. The van der Waals surface area contributed by atoms with Crippen LogP contribution in [0.15, 0.2) is 29.6 Å². The average molecular weight is 354 g/mol. The van der Waals surface area contributed by atoms with Crippen molar-refractivity contribution in [3.63, 3.8) is 0 Å². The van der Waals surface area contributed by atoms with Crippen LogP contribution >= 0.6 is 11.3 Å². The van der Waals surface area contributed by atoms with Gasteiger partial charge in [-0.1, -0.05) is 32.0 Å². The number of carbonyl (C=O) groups excluding carboxylic acids is 1. The van der Waals surface area contributed by atoms with Crippen LogP contribution in [-0.2, 0) is 19.5 Å². The van der Waals surface area contributed by atoms with Crippen LogP contribution in [0, 0.1) is 0 Å². The van der Waals surface area contributed by atoms with Crippen molar-refractivity contribution in [1.82, 2.24) is 20.2 Å². The molecule has 0 fully saturated rings. The smallest absolute Gasteiger partial charge is 0.318 e. The third kappa shape index (κ3) is 3.14. The highest BCUT2D eigenvalue weighted by molar-refractivity contribution is 7.09. The van der Waals surface area contributed by atoms with E-state index in [0.717, 1.165) is 29.2 Å². The lowest BCUT2D eigenvalue weighted by Gasteiger charge is -2.27. The lowest BCUT2D eigenvalue weighted by molar-refractivity contribution is 0.192. The van der Waals surface area contributed by atoms with Crippen LogP contribution in [0.25, 0.3) is 10.9 Å². The second-order valence-electron chi connectivity index (χ2n) is 6.79. The summed E-state index contributed by atoms with van der Waals surface area (Å²) in [6.07, 6.45) is 0.867. The number of aromatic amines is 1. The number of rotatable bonds is 3. The molecule has 2 aromatic heterocycles. The van der Waals surface area contributed by atoms with Gasteiger partial charge in [-0.15, -0.1) is 11.3 Å². The highest BCUT2D eigenvalue weighted by Crippen LogP contribution is 2.27. The third-order valence-corrected chi connectivity index (χ3v) is 5.85. The van der Waals surface area contributed by atoms with Gasteiger partial charge in [-0.25, -0.2) is 9.78 Å². The predicted molar refractivity (Wildman–Crippen MR) is 101 cm³/mol. The van der Waals surface area contributed by atoms with E-state index in [2.05, 4.69) is 41.3 Å². The molecule has 25 heavy (non-hydrogen) atoms. The number of aromatic nitrogens is 2. The molecular formula is C19H22N4OS. The maximum atomic E-state index is 12.6. The molecule has 3 heterocycles. The Morgan fingerprint density at radius 3 is 3.04 bits per heavy atom. The molecule has 0 saturated heterocycles. The molecule has 0 bridgehead atoms. The summed E-state index contributed by atoms with van der Waals surface area (Å²) < 4.78 is 0. The van der Waals surface area contributed by atoms with E-state index in [4.69, 9.17) is 0 Å². The largest absolute Gasteiger partial charge is 0.358 e. The quantitative estimate of drug-likeness (QED) is 0.746. The zero-order valence-corrected chi connectivity index (χ0v) is 15.3. The van der Waals surface area contributed by atoms with Crippen molar-refractivity contribution in [2.75, 3.05) is 6.54 Å². The van der Waals surface area contributed by atoms with Crippen LogP contribution in [0.2, 0.25) is 0 Å². The van der Waals surface area contributed by atoms with Gasteiger partial charge in [0.05, 0.1) is 17.2 Å². The molecule has 2 amide bonds. The zero-order chi connectivity index (χ0) is 17.4. The molecule has 0 saturated carbocycles. The van der Waals surface area contributed by atoms with Gasteiger partial charge in [-0.2, -0.15) is 0 Å². The van der Waals surface area contributed by atoms with Crippen LogP contribution < -0.4 is 5.32 Å². The SMILES string of the molecule is CC(C)c1nc(CNC(=O)N2CCc3[nH]c4ccccc4c3C2)cs1. The van der Waals surface area contributed by atoms with E-state index in [0.29, 0.717) is 19.0 Å². The summed E-state index contributed by atoms with van der Waals surface area (Å²) in [7, 11) is 0. The molecule has 0 atom stereocenters. The van der Waals surface area contributed by atoms with Crippen molar-refractivity contribution < 1.29 is 4.79 Å². The first kappa shape index (κ1) is 16.1. The minimum atomic E-state index is -0.0185. The molecule has 0 aliphatic carbocycles. The van der Waals surface area contributed by atoms with Gasteiger partial charge in [0, 0.05) is 53.0 Å². The fraction of sp³-hybridized carbons (Fsp3) is 0.368. The van der Waals surface area contributed by atoms with Gasteiger partial charge in [-0.3, -0.25) is 0 Å². The Labute approximate surface area is 151 Å². The number of nitrogens with zero attached hydrogens (tertiary/aromatic N) is 2. The van der Waals surface area contributed by atoms with Gasteiger partial charge in [0.2, 0.25) is 0 Å². The topological polar surface area (TPSA) is 61.0 Å². The van der Waals surface area contributed by atoms with Crippen molar-refractivity contribution in [2.24, 2.45) is 0 Å². The first-order valence-electron chi connectivity index (χ1n) is 8.67. The second kappa shape index (κ2) is 6.52. The van der Waals surface area contributed by atoms with Gasteiger partial charge in [0.15, 0.2) is 0 Å². The molecule has 0 unspecified atom stereocenters. The van der Waals surface area contributed by atoms with E-state index >= 15 is 0 Å². The maximum Gasteiger partial charge on any atom is 0.318 e. The molecular weight excluding hydrogens is 332 g/mol. The third-order valence-electron chi connectivity index (χ3n) is 4.65. The van der Waals surface area contributed by atoms with Crippen LogP contribution in [0.5, 0.6) is 0 Å². The predicted octanol–water partition coefficient (Wildman–Crippen LogP) is 4.02. The number of amides is 2. The van der Waals surface area contributed by atoms with E-state index in [1.807, 2.05) is 22.4 Å². The van der Waals surface area contributed by atoms with E-state index < -0.39 is 0 Å². The number of fused-ring (bicyclic) bond motifs is 3. The van der Waals surface area contributed by atoms with E-state index in [-0.39, 0.29) is 6.03 Å². The Morgan fingerprint density at radius 1 is 1.40 bits per heavy atom. The van der Waals surface area contributed by atoms with Crippen molar-refractivity contribution in [3.05, 3.63) is 51.6 Å². The number of nitrogens with one attached hydrogen (secondary N) is 2. The number of hydrogen-bond donors (Lipinski definition) is 2. The summed E-state index contributed by atoms with van der Waals surface area (Å²) in [4.78, 5) is 22.5. The molecule has 2 N–H and O–H groups in total. The maximum absolute atomic E-state index is 12.6. The first-order chi connectivity index (χ1) is 12.1. The molecule has 4 rings (SSSR count). The fourth-order valence-electron chi connectivity index (χ4n) is 3.29. The van der Waals surface area contributed by atoms with Gasteiger partial charge in [-0.05, 0) is 6.07 Å². The standard InChI is InChI=1S/C19H22N4OS/c1-12(2)18-21-13(11-25-18)9-20-19(24)23-8-7-17-15(10-23)14-5-3-4-6-16(14)22-17/h3-6,11-12,22H,7-10H2,1-2H3,(H,20,24). The summed E-state index contributed by atoms with van der Waals surface area (Å²) in [6, 6.07) is 8.27. The molecule has 3 aromatic rings. The van der Waals surface area contributed by atoms with E-state index in [9.17, 15) is 4.79 Å². The Morgan fingerprint density at radius 2 is 2.24 bits per heavy atom. The highest BCUT2D eigenvalue weighted by Gasteiger charge is 2.23. The molecule has 1 aliphatic heterocycles. The summed E-state index contributed by atoms with van der Waals surface area (Å²) in [5.41, 5.74) is 4.59. The van der Waals surface area contributed by atoms with Crippen LogP contribution in [0.3, 0.4) is 0 Å². The number of H-pyrrole nitrogens is 1. The summed E-state index contributed by atoms with van der Waals surface area (Å²) in [5.74, 6) is 0.428. The van der Waals surface area contributed by atoms with Crippen LogP contribution in [0.4, 0.5) is 4.79 Å². The minimum absolute atomic E-state index is 0.0185. The summed E-state index contributed by atoms with van der Waals surface area (Å²) >= 11 is 1.66. The van der Waals surface area contributed by atoms with Crippen molar-refractivity contribution >= 4 is 28.3 Å². The number of thiazole rings is 1. The molecule has 1 aromatic carbocycles. The van der Waals surface area contributed by atoms with Crippen molar-refractivity contribution in [2.45, 2.75) is 39.3 Å². The summed E-state index contributed by atoms with van der Waals surface area (Å²) in [6.45, 7) is 6.14. The normalized spacial score (nSPS) is 14.1. The Kier molecular flexibility index (Phi) is 4.21.